The van der Waals surface area contributed by atoms with Crippen LogP contribution in [0.25, 0.3) is 0 Å². The van der Waals surface area contributed by atoms with Gasteiger partial charge in [0.1, 0.15) is 0 Å². The molecule has 1 fully saturated rings. The normalized spacial score (nSPS) is 14.9. The predicted molar refractivity (Wildman–Crippen MR) is 101 cm³/mol. The van der Waals surface area contributed by atoms with Gasteiger partial charge in [-0.2, -0.15) is 0 Å². The van der Waals surface area contributed by atoms with E-state index in [-0.39, 0.29) is 36.6 Å². The monoisotopic (exact) mass is 376 g/mol. The molecule has 136 valence electrons. The van der Waals surface area contributed by atoms with Crippen molar-refractivity contribution in [1.82, 2.24) is 10.2 Å². The number of nitrogens with one attached hydrogen (secondary N) is 1. The van der Waals surface area contributed by atoms with Crippen molar-refractivity contribution in [3.05, 3.63) is 30.3 Å². The Bertz CT molecular complexity index is 506. The summed E-state index contributed by atoms with van der Waals surface area (Å²) in [4.78, 5) is 27.6. The van der Waals surface area contributed by atoms with Crippen LogP contribution in [0.3, 0.4) is 0 Å². The first-order chi connectivity index (χ1) is 10.6. The number of carbonyl (C=O) groups is 2. The zero-order valence-corrected chi connectivity index (χ0v) is 15.4. The average Bonchev–Trinajstić information content (AvgIpc) is 2.55. The second-order valence-corrected chi connectivity index (χ2v) is 5.53. The summed E-state index contributed by atoms with van der Waals surface area (Å²) in [6, 6.07) is 9.67. The number of nitrogens with two attached hydrogens (primary N) is 1. The quantitative estimate of drug-likeness (QED) is 0.804. The average molecular weight is 377 g/mol. The van der Waals surface area contributed by atoms with Crippen LogP contribution in [0.1, 0.15) is 13.3 Å². The predicted octanol–water partition coefficient (Wildman–Crippen LogP) is 1.03. The highest BCUT2D eigenvalue weighted by Gasteiger charge is 2.21. The number of anilines is 1. The molecule has 2 amide bonds. The van der Waals surface area contributed by atoms with E-state index in [1.807, 2.05) is 23.1 Å². The molecule has 1 heterocycles. The molecule has 8 heteroatoms. The van der Waals surface area contributed by atoms with Crippen molar-refractivity contribution < 1.29 is 9.59 Å². The van der Waals surface area contributed by atoms with Gasteiger partial charge in [0.2, 0.25) is 11.8 Å². The molecule has 1 atom stereocenters. The Kier molecular flexibility index (Phi) is 10.4. The van der Waals surface area contributed by atoms with E-state index in [9.17, 15) is 9.59 Å². The molecular formula is C16H26Cl2N4O2. The Hall–Kier alpha value is -1.50. The molecule has 0 spiro atoms. The lowest BCUT2D eigenvalue weighted by atomic mass is 10.2. The molecule has 1 saturated heterocycles. The lowest BCUT2D eigenvalue weighted by Gasteiger charge is -2.36. The summed E-state index contributed by atoms with van der Waals surface area (Å²) in [7, 11) is 0. The number of nitrogens with zero attached hydrogens (tertiary/aromatic N) is 2. The molecule has 1 aliphatic rings. The number of piperazine rings is 1. The Morgan fingerprint density at radius 3 is 2.25 bits per heavy atom. The van der Waals surface area contributed by atoms with Gasteiger partial charge in [0, 0.05) is 44.8 Å². The standard InChI is InChI=1S/C16H24N4O2.2ClH/c1-13(17)16(22)18-8-7-15(21)20-11-9-19(10-12-20)14-5-3-2-4-6-14;;/h2-6,13H,7-12,17H2,1H3,(H,18,22);2*1H/t13-;;/m1../s1. The maximum absolute atomic E-state index is 12.1. The number of amides is 2. The zero-order valence-electron chi connectivity index (χ0n) is 13.8. The number of para-hydroxylation sites is 1. The number of halogens is 2. The Morgan fingerprint density at radius 2 is 1.71 bits per heavy atom. The van der Waals surface area contributed by atoms with Crippen LogP contribution in [-0.2, 0) is 9.59 Å². The van der Waals surface area contributed by atoms with Crippen LogP contribution in [0.4, 0.5) is 5.69 Å². The molecule has 1 aliphatic heterocycles. The van der Waals surface area contributed by atoms with Crippen molar-refractivity contribution in [1.29, 1.82) is 0 Å². The number of hydrogen-bond acceptors (Lipinski definition) is 4. The summed E-state index contributed by atoms with van der Waals surface area (Å²) in [5.74, 6) is -0.139. The van der Waals surface area contributed by atoms with E-state index in [1.165, 1.54) is 5.69 Å². The van der Waals surface area contributed by atoms with E-state index in [0.717, 1.165) is 26.2 Å². The smallest absolute Gasteiger partial charge is 0.236 e. The van der Waals surface area contributed by atoms with E-state index in [4.69, 9.17) is 5.73 Å². The SMILES string of the molecule is C[C@@H](N)C(=O)NCCC(=O)N1CCN(c2ccccc2)CC1.Cl.Cl. The Morgan fingerprint density at radius 1 is 1.12 bits per heavy atom. The van der Waals surface area contributed by atoms with Gasteiger partial charge >= 0.3 is 0 Å². The highest BCUT2D eigenvalue weighted by atomic mass is 35.5. The van der Waals surface area contributed by atoms with Crippen LogP contribution in [0.15, 0.2) is 30.3 Å². The summed E-state index contributed by atoms with van der Waals surface area (Å²) in [5, 5.41) is 2.66. The van der Waals surface area contributed by atoms with Gasteiger partial charge in [-0.3, -0.25) is 9.59 Å². The van der Waals surface area contributed by atoms with E-state index in [2.05, 4.69) is 22.3 Å². The van der Waals surface area contributed by atoms with Crippen molar-refractivity contribution in [3.8, 4) is 0 Å². The van der Waals surface area contributed by atoms with E-state index < -0.39 is 6.04 Å². The Labute approximate surface area is 155 Å². The van der Waals surface area contributed by atoms with Gasteiger partial charge in [0.25, 0.3) is 0 Å². The third-order valence-electron chi connectivity index (χ3n) is 3.81. The van der Waals surface area contributed by atoms with Crippen molar-refractivity contribution in [3.63, 3.8) is 0 Å². The minimum atomic E-state index is -0.537. The van der Waals surface area contributed by atoms with E-state index >= 15 is 0 Å². The van der Waals surface area contributed by atoms with Crippen molar-refractivity contribution in [2.75, 3.05) is 37.6 Å². The number of benzene rings is 1. The van der Waals surface area contributed by atoms with Crippen LogP contribution in [-0.4, -0.2) is 55.5 Å². The molecular weight excluding hydrogens is 351 g/mol. The molecule has 1 aromatic carbocycles. The van der Waals surface area contributed by atoms with Crippen LogP contribution in [0, 0.1) is 0 Å². The number of carbonyl (C=O) groups excluding carboxylic acids is 2. The zero-order chi connectivity index (χ0) is 15.9. The summed E-state index contributed by atoms with van der Waals surface area (Å²) in [6.45, 7) is 5.08. The summed E-state index contributed by atoms with van der Waals surface area (Å²) >= 11 is 0. The van der Waals surface area contributed by atoms with Gasteiger partial charge in [0.15, 0.2) is 0 Å². The maximum Gasteiger partial charge on any atom is 0.236 e. The lowest BCUT2D eigenvalue weighted by molar-refractivity contribution is -0.131. The van der Waals surface area contributed by atoms with E-state index in [0.29, 0.717) is 13.0 Å². The van der Waals surface area contributed by atoms with Gasteiger partial charge in [-0.15, -0.1) is 24.8 Å². The first-order valence-electron chi connectivity index (χ1n) is 7.69. The lowest BCUT2D eigenvalue weighted by Crippen LogP contribution is -2.49. The number of rotatable bonds is 5. The van der Waals surface area contributed by atoms with Crippen LogP contribution < -0.4 is 16.0 Å². The molecule has 6 nitrogen and oxygen atoms in total. The molecule has 3 N–H and O–H groups in total. The van der Waals surface area contributed by atoms with Crippen molar-refractivity contribution in [2.45, 2.75) is 19.4 Å². The van der Waals surface area contributed by atoms with Gasteiger partial charge in [-0.1, -0.05) is 18.2 Å². The minimum absolute atomic E-state index is 0. The molecule has 0 aliphatic carbocycles. The highest BCUT2D eigenvalue weighted by molar-refractivity contribution is 5.85. The molecule has 0 aromatic heterocycles. The largest absolute Gasteiger partial charge is 0.368 e. The van der Waals surface area contributed by atoms with Crippen LogP contribution >= 0.6 is 24.8 Å². The molecule has 0 bridgehead atoms. The van der Waals surface area contributed by atoms with Gasteiger partial charge in [-0.25, -0.2) is 0 Å². The second kappa shape index (κ2) is 11.1. The third-order valence-corrected chi connectivity index (χ3v) is 3.81. The maximum atomic E-state index is 12.1. The molecule has 0 saturated carbocycles. The fraction of sp³-hybridized carbons (Fsp3) is 0.500. The van der Waals surface area contributed by atoms with Gasteiger partial charge in [-0.05, 0) is 19.1 Å². The number of hydrogen-bond donors (Lipinski definition) is 2. The van der Waals surface area contributed by atoms with Crippen LogP contribution in [0.2, 0.25) is 0 Å². The van der Waals surface area contributed by atoms with Crippen LogP contribution in [0.5, 0.6) is 0 Å². The summed E-state index contributed by atoms with van der Waals surface area (Å²) in [6.07, 6.45) is 0.323. The topological polar surface area (TPSA) is 78.7 Å². The summed E-state index contributed by atoms with van der Waals surface area (Å²) in [5.41, 5.74) is 6.65. The minimum Gasteiger partial charge on any atom is -0.368 e. The van der Waals surface area contributed by atoms with Gasteiger partial charge in [0.05, 0.1) is 6.04 Å². The summed E-state index contributed by atoms with van der Waals surface area (Å²) < 4.78 is 0. The molecule has 0 radical (unpaired) electrons. The Balaban J connectivity index is 0.00000264. The van der Waals surface area contributed by atoms with E-state index in [1.54, 1.807) is 6.92 Å². The first-order valence-corrected chi connectivity index (χ1v) is 7.69. The molecule has 2 rings (SSSR count). The van der Waals surface area contributed by atoms with Crippen molar-refractivity contribution >= 4 is 42.3 Å². The van der Waals surface area contributed by atoms with Crippen molar-refractivity contribution in [2.24, 2.45) is 5.73 Å². The molecule has 0 unspecified atom stereocenters. The third kappa shape index (κ3) is 6.55. The van der Waals surface area contributed by atoms with Gasteiger partial charge < -0.3 is 20.9 Å². The fourth-order valence-electron chi connectivity index (χ4n) is 2.46. The molecule has 1 aromatic rings. The highest BCUT2D eigenvalue weighted by Crippen LogP contribution is 2.15. The molecule has 24 heavy (non-hydrogen) atoms. The fourth-order valence-corrected chi connectivity index (χ4v) is 2.46. The first kappa shape index (κ1) is 22.5. The second-order valence-electron chi connectivity index (χ2n) is 5.53.